The maximum Gasteiger partial charge on any atom is 0.493 e. The molecule has 1 rings (SSSR count). The topological polar surface area (TPSA) is 58.9 Å². The molecule has 0 saturated heterocycles. The third kappa shape index (κ3) is 4.20. The minimum atomic E-state index is -1.22. The van der Waals surface area contributed by atoms with Crippen molar-refractivity contribution in [3.63, 3.8) is 0 Å². The lowest BCUT2D eigenvalue weighted by molar-refractivity contribution is -0.0982. The molecule has 0 bridgehead atoms. The summed E-state index contributed by atoms with van der Waals surface area (Å²) < 4.78 is 10.6. The Morgan fingerprint density at radius 1 is 1.25 bits per heavy atom. The van der Waals surface area contributed by atoms with Gasteiger partial charge in [0, 0.05) is 17.6 Å². The van der Waals surface area contributed by atoms with Crippen molar-refractivity contribution in [1.82, 2.24) is 0 Å². The summed E-state index contributed by atoms with van der Waals surface area (Å²) in [6.45, 7) is 7.10. The van der Waals surface area contributed by atoms with E-state index < -0.39 is 18.3 Å². The molecule has 0 amide bonds. The maximum atomic E-state index is 10.2. The summed E-state index contributed by atoms with van der Waals surface area (Å²) in [6, 6.07) is 5.25. The van der Waals surface area contributed by atoms with Gasteiger partial charge in [0.15, 0.2) is 0 Å². The van der Waals surface area contributed by atoms with E-state index in [1.54, 1.807) is 46.9 Å². The molecule has 0 aliphatic heterocycles. The van der Waals surface area contributed by atoms with Gasteiger partial charge in [-0.25, -0.2) is 0 Å². The Morgan fingerprint density at radius 3 is 2.35 bits per heavy atom. The van der Waals surface area contributed by atoms with E-state index in [0.717, 1.165) is 5.56 Å². The zero-order valence-electron chi connectivity index (χ0n) is 12.6. The van der Waals surface area contributed by atoms with Gasteiger partial charge in [-0.2, -0.15) is 0 Å². The number of rotatable bonds is 6. The smallest absolute Gasteiger partial charge is 0.423 e. The first-order chi connectivity index (χ1) is 9.08. The molecule has 0 aromatic heterocycles. The van der Waals surface area contributed by atoms with E-state index in [2.05, 4.69) is 0 Å². The zero-order valence-corrected chi connectivity index (χ0v) is 13.4. The standard InChI is InChI=1S/C14H22BClO4/c1-13(2,17)14(3,4)20-15(18)11-8-10(9-19-5)6-7-12(11)16/h6-8,17-18H,9H2,1-5H3. The molecule has 0 saturated carbocycles. The molecular weight excluding hydrogens is 278 g/mol. The largest absolute Gasteiger partial charge is 0.493 e. The molecule has 2 N–H and O–H groups in total. The first-order valence-corrected chi connectivity index (χ1v) is 6.82. The lowest BCUT2D eigenvalue weighted by Crippen LogP contribution is -2.53. The molecule has 0 unspecified atom stereocenters. The number of hydrogen-bond acceptors (Lipinski definition) is 4. The summed E-state index contributed by atoms with van der Waals surface area (Å²) in [5, 5.41) is 20.7. The maximum absolute atomic E-state index is 10.2. The van der Waals surface area contributed by atoms with Gasteiger partial charge in [-0.05, 0) is 39.3 Å². The van der Waals surface area contributed by atoms with E-state index in [4.69, 9.17) is 21.0 Å². The molecular formula is C14H22BClO4. The Labute approximate surface area is 125 Å². The summed E-state index contributed by atoms with van der Waals surface area (Å²) in [5.41, 5.74) is -0.702. The molecule has 20 heavy (non-hydrogen) atoms. The normalized spacial score (nSPS) is 12.6. The van der Waals surface area contributed by atoms with Crippen molar-refractivity contribution in [3.05, 3.63) is 28.8 Å². The predicted octanol–water partition coefficient (Wildman–Crippen LogP) is 1.74. The van der Waals surface area contributed by atoms with Crippen molar-refractivity contribution < 1.29 is 19.5 Å². The van der Waals surface area contributed by atoms with Crippen LogP contribution in [0.3, 0.4) is 0 Å². The molecule has 0 fully saturated rings. The predicted molar refractivity (Wildman–Crippen MR) is 81.2 cm³/mol. The Hall–Kier alpha value is -0.585. The Kier molecular flexibility index (Phi) is 5.64. The summed E-state index contributed by atoms with van der Waals surface area (Å²) in [6.07, 6.45) is 0. The highest BCUT2D eigenvalue weighted by Crippen LogP contribution is 2.25. The average Bonchev–Trinajstić information content (AvgIpc) is 2.29. The highest BCUT2D eigenvalue weighted by atomic mass is 35.5. The van der Waals surface area contributed by atoms with Crippen molar-refractivity contribution in [2.45, 2.75) is 45.5 Å². The monoisotopic (exact) mass is 300 g/mol. The number of hydrogen-bond donors (Lipinski definition) is 2. The molecule has 0 aliphatic carbocycles. The van der Waals surface area contributed by atoms with Crippen LogP contribution in [-0.4, -0.2) is 35.6 Å². The fourth-order valence-electron chi connectivity index (χ4n) is 1.53. The van der Waals surface area contributed by atoms with Crippen LogP contribution in [0.5, 0.6) is 0 Å². The summed E-state index contributed by atoms with van der Waals surface area (Å²) in [5.74, 6) is 0. The number of aliphatic hydroxyl groups is 1. The quantitative estimate of drug-likeness (QED) is 0.786. The summed E-state index contributed by atoms with van der Waals surface area (Å²) in [4.78, 5) is 0. The van der Waals surface area contributed by atoms with Gasteiger partial charge in [0.1, 0.15) is 0 Å². The van der Waals surface area contributed by atoms with E-state index >= 15 is 0 Å². The van der Waals surface area contributed by atoms with Crippen molar-refractivity contribution >= 4 is 24.2 Å². The number of methoxy groups -OCH3 is 1. The fraction of sp³-hybridized carbons (Fsp3) is 0.571. The molecule has 4 nitrogen and oxygen atoms in total. The average molecular weight is 301 g/mol. The fourth-order valence-corrected chi connectivity index (χ4v) is 1.74. The SMILES string of the molecule is COCc1ccc(Cl)c(B(O)OC(C)(C)C(C)(C)O)c1. The van der Waals surface area contributed by atoms with Gasteiger partial charge in [0.05, 0.1) is 17.8 Å². The highest BCUT2D eigenvalue weighted by Gasteiger charge is 2.40. The molecule has 6 heteroatoms. The first kappa shape index (κ1) is 17.5. The summed E-state index contributed by atoms with van der Waals surface area (Å²) in [7, 11) is 0.374. The van der Waals surface area contributed by atoms with E-state index in [1.165, 1.54) is 0 Å². The van der Waals surface area contributed by atoms with Gasteiger partial charge in [0.2, 0.25) is 0 Å². The van der Waals surface area contributed by atoms with E-state index in [9.17, 15) is 10.1 Å². The van der Waals surface area contributed by atoms with Crippen LogP contribution in [0.15, 0.2) is 18.2 Å². The van der Waals surface area contributed by atoms with Crippen molar-refractivity contribution in [3.8, 4) is 0 Å². The Bertz CT molecular complexity index is 457. The Morgan fingerprint density at radius 2 is 1.85 bits per heavy atom. The van der Waals surface area contributed by atoms with Crippen LogP contribution in [-0.2, 0) is 16.0 Å². The molecule has 0 aliphatic rings. The lowest BCUT2D eigenvalue weighted by Gasteiger charge is -2.38. The van der Waals surface area contributed by atoms with E-state index in [-0.39, 0.29) is 0 Å². The van der Waals surface area contributed by atoms with Crippen LogP contribution in [0.4, 0.5) is 0 Å². The molecule has 0 heterocycles. The van der Waals surface area contributed by atoms with Crippen LogP contribution >= 0.6 is 11.6 Å². The van der Waals surface area contributed by atoms with Gasteiger partial charge < -0.3 is 19.5 Å². The zero-order chi connectivity index (χ0) is 15.6. The van der Waals surface area contributed by atoms with Crippen LogP contribution in [0.1, 0.15) is 33.3 Å². The highest BCUT2D eigenvalue weighted by molar-refractivity contribution is 6.64. The van der Waals surface area contributed by atoms with Crippen LogP contribution in [0.25, 0.3) is 0 Å². The van der Waals surface area contributed by atoms with Crippen molar-refractivity contribution in [2.24, 2.45) is 0 Å². The number of ether oxygens (including phenoxy) is 1. The van der Waals surface area contributed by atoms with E-state index in [1.807, 2.05) is 6.07 Å². The van der Waals surface area contributed by atoms with Gasteiger partial charge >= 0.3 is 7.12 Å². The Balaban J connectivity index is 2.97. The van der Waals surface area contributed by atoms with E-state index in [0.29, 0.717) is 17.1 Å². The number of halogens is 1. The van der Waals surface area contributed by atoms with Gasteiger partial charge in [-0.1, -0.05) is 23.7 Å². The summed E-state index contributed by atoms with van der Waals surface area (Å²) >= 11 is 6.09. The second-order valence-electron chi connectivity index (χ2n) is 5.83. The lowest BCUT2D eigenvalue weighted by atomic mass is 9.76. The van der Waals surface area contributed by atoms with Gasteiger partial charge in [-0.15, -0.1) is 0 Å². The van der Waals surface area contributed by atoms with Crippen LogP contribution < -0.4 is 5.46 Å². The molecule has 1 aromatic carbocycles. The molecule has 1 aromatic rings. The third-order valence-corrected chi connectivity index (χ3v) is 3.86. The molecule has 0 spiro atoms. The minimum Gasteiger partial charge on any atom is -0.423 e. The second kappa shape index (κ2) is 6.45. The minimum absolute atomic E-state index is 0.406. The molecule has 0 radical (unpaired) electrons. The van der Waals surface area contributed by atoms with Crippen LogP contribution in [0.2, 0.25) is 5.02 Å². The van der Waals surface area contributed by atoms with Crippen LogP contribution in [0, 0.1) is 0 Å². The molecule has 112 valence electrons. The van der Waals surface area contributed by atoms with Crippen molar-refractivity contribution in [1.29, 1.82) is 0 Å². The third-order valence-electron chi connectivity index (χ3n) is 3.52. The second-order valence-corrected chi connectivity index (χ2v) is 6.24. The number of benzene rings is 1. The molecule has 0 atom stereocenters. The van der Waals surface area contributed by atoms with Crippen molar-refractivity contribution in [2.75, 3.05) is 7.11 Å². The van der Waals surface area contributed by atoms with Gasteiger partial charge in [-0.3, -0.25) is 0 Å². The first-order valence-electron chi connectivity index (χ1n) is 6.44. The van der Waals surface area contributed by atoms with Gasteiger partial charge in [0.25, 0.3) is 0 Å².